The number of aromatic nitrogens is 2. The number of nitrogens with one attached hydrogen (secondary N) is 1. The highest BCUT2D eigenvalue weighted by Gasteiger charge is 2.24. The molecule has 6 heteroatoms. The van der Waals surface area contributed by atoms with Gasteiger partial charge in [0.05, 0.1) is 0 Å². The summed E-state index contributed by atoms with van der Waals surface area (Å²) in [5, 5.41) is 0. The van der Waals surface area contributed by atoms with Crippen molar-refractivity contribution in [2.24, 2.45) is 5.84 Å². The quantitative estimate of drug-likeness (QED) is 0.550. The molecule has 88 valence electrons. The maximum Gasteiger partial charge on any atom is 0.239 e. The molecular weight excluding hydrogens is 204 g/mol. The third kappa shape index (κ3) is 2.23. The number of hydrogen-bond donors (Lipinski definition) is 2. The van der Waals surface area contributed by atoms with Crippen LogP contribution >= 0.6 is 0 Å². The van der Waals surface area contributed by atoms with Crippen LogP contribution in [0.5, 0.6) is 0 Å². The van der Waals surface area contributed by atoms with Crippen LogP contribution in [0, 0.1) is 0 Å². The number of anilines is 2. The minimum atomic E-state index is 0.464. The maximum atomic E-state index is 5.29. The van der Waals surface area contributed by atoms with Crippen LogP contribution in [0.15, 0.2) is 12.3 Å². The van der Waals surface area contributed by atoms with Crippen molar-refractivity contribution in [3.05, 3.63) is 12.3 Å². The van der Waals surface area contributed by atoms with E-state index in [0.717, 1.165) is 18.9 Å². The second-order valence-corrected chi connectivity index (χ2v) is 4.23. The van der Waals surface area contributed by atoms with Crippen LogP contribution in [-0.4, -0.2) is 48.1 Å². The smallest absolute Gasteiger partial charge is 0.239 e. The van der Waals surface area contributed by atoms with Crippen LogP contribution in [0.25, 0.3) is 0 Å². The lowest BCUT2D eigenvalue weighted by Gasteiger charge is -2.21. The summed E-state index contributed by atoms with van der Waals surface area (Å²) in [5.74, 6) is 6.69. The van der Waals surface area contributed by atoms with Crippen molar-refractivity contribution in [2.45, 2.75) is 12.5 Å². The molecule has 1 aromatic heterocycles. The molecule has 16 heavy (non-hydrogen) atoms. The molecule has 1 fully saturated rings. The van der Waals surface area contributed by atoms with E-state index >= 15 is 0 Å². The topological polar surface area (TPSA) is 70.3 Å². The molecule has 1 aliphatic rings. The van der Waals surface area contributed by atoms with Crippen molar-refractivity contribution in [1.29, 1.82) is 0 Å². The molecular formula is C10H18N6. The average Bonchev–Trinajstić information content (AvgIpc) is 2.78. The van der Waals surface area contributed by atoms with Crippen LogP contribution in [0.3, 0.4) is 0 Å². The number of nitrogens with two attached hydrogens (primary N) is 1. The first-order chi connectivity index (χ1) is 7.70. The highest BCUT2D eigenvalue weighted by atomic mass is 15.3. The second-order valence-electron chi connectivity index (χ2n) is 4.23. The second kappa shape index (κ2) is 4.63. The van der Waals surface area contributed by atoms with Gasteiger partial charge in [-0.15, -0.1) is 0 Å². The van der Waals surface area contributed by atoms with Crippen LogP contribution in [-0.2, 0) is 0 Å². The van der Waals surface area contributed by atoms with Gasteiger partial charge in [-0.05, 0) is 26.6 Å². The first-order valence-corrected chi connectivity index (χ1v) is 5.41. The number of nitrogen functional groups attached to an aromatic ring is 1. The van der Waals surface area contributed by atoms with Crippen LogP contribution in [0.1, 0.15) is 6.42 Å². The van der Waals surface area contributed by atoms with E-state index in [1.165, 1.54) is 6.42 Å². The number of hydrazine groups is 1. The van der Waals surface area contributed by atoms with E-state index in [-0.39, 0.29) is 0 Å². The number of hydrogen-bond acceptors (Lipinski definition) is 6. The van der Waals surface area contributed by atoms with Gasteiger partial charge in [0.2, 0.25) is 5.95 Å². The summed E-state index contributed by atoms with van der Waals surface area (Å²) in [6.45, 7) is 2.04. The van der Waals surface area contributed by atoms with Gasteiger partial charge in [-0.2, -0.15) is 4.98 Å². The molecule has 6 nitrogen and oxygen atoms in total. The summed E-state index contributed by atoms with van der Waals surface area (Å²) >= 11 is 0. The summed E-state index contributed by atoms with van der Waals surface area (Å²) in [6, 6.07) is 2.52. The van der Waals surface area contributed by atoms with Crippen molar-refractivity contribution < 1.29 is 0 Å². The molecule has 3 N–H and O–H groups in total. The number of nitrogens with zero attached hydrogens (tertiary/aromatic N) is 4. The lowest BCUT2D eigenvalue weighted by Crippen LogP contribution is -2.31. The Balaban J connectivity index is 2.08. The van der Waals surface area contributed by atoms with E-state index in [1.807, 2.05) is 6.07 Å². The summed E-state index contributed by atoms with van der Waals surface area (Å²) < 4.78 is 0. The van der Waals surface area contributed by atoms with E-state index in [1.54, 1.807) is 6.20 Å². The molecule has 1 aromatic rings. The molecule has 0 spiro atoms. The minimum absolute atomic E-state index is 0.464. The first-order valence-electron chi connectivity index (χ1n) is 5.41. The third-order valence-corrected chi connectivity index (χ3v) is 2.99. The summed E-state index contributed by atoms with van der Waals surface area (Å²) in [6.07, 6.45) is 2.89. The zero-order valence-electron chi connectivity index (χ0n) is 9.72. The predicted molar refractivity (Wildman–Crippen MR) is 64.1 cm³/mol. The van der Waals surface area contributed by atoms with Crippen LogP contribution in [0.4, 0.5) is 11.8 Å². The Morgan fingerprint density at radius 2 is 2.38 bits per heavy atom. The largest absolute Gasteiger partial charge is 0.355 e. The lowest BCUT2D eigenvalue weighted by molar-refractivity contribution is 0.315. The maximum absolute atomic E-state index is 5.29. The highest BCUT2D eigenvalue weighted by molar-refractivity contribution is 5.43. The molecule has 2 heterocycles. The van der Waals surface area contributed by atoms with Crippen molar-refractivity contribution in [1.82, 2.24) is 14.9 Å². The van der Waals surface area contributed by atoms with Crippen molar-refractivity contribution >= 4 is 11.8 Å². The zero-order valence-corrected chi connectivity index (χ0v) is 9.72. The molecule has 0 bridgehead atoms. The molecule has 1 aliphatic heterocycles. The SMILES string of the molecule is CN(C)C1CCN(c2ccnc(NN)n2)C1. The van der Waals surface area contributed by atoms with Gasteiger partial charge in [0, 0.05) is 25.3 Å². The average molecular weight is 222 g/mol. The normalized spacial score (nSPS) is 20.5. The molecule has 1 unspecified atom stereocenters. The van der Waals surface area contributed by atoms with E-state index in [4.69, 9.17) is 5.84 Å². The van der Waals surface area contributed by atoms with Gasteiger partial charge in [-0.1, -0.05) is 0 Å². The fourth-order valence-corrected chi connectivity index (χ4v) is 1.97. The Labute approximate surface area is 95.4 Å². The molecule has 1 saturated heterocycles. The number of likely N-dealkylation sites (N-methyl/N-ethyl adjacent to an activating group) is 1. The van der Waals surface area contributed by atoms with Gasteiger partial charge in [0.1, 0.15) is 5.82 Å². The fourth-order valence-electron chi connectivity index (χ4n) is 1.97. The van der Waals surface area contributed by atoms with Crippen molar-refractivity contribution in [3.63, 3.8) is 0 Å². The van der Waals surface area contributed by atoms with Gasteiger partial charge in [-0.25, -0.2) is 10.8 Å². The van der Waals surface area contributed by atoms with Crippen molar-refractivity contribution in [3.8, 4) is 0 Å². The van der Waals surface area contributed by atoms with E-state index in [0.29, 0.717) is 12.0 Å². The Morgan fingerprint density at radius 3 is 3.00 bits per heavy atom. The fraction of sp³-hybridized carbons (Fsp3) is 0.600. The van der Waals surface area contributed by atoms with Gasteiger partial charge in [-0.3, -0.25) is 5.43 Å². The standard InChI is InChI=1S/C10H18N6/c1-15(2)8-4-6-16(7-8)9-3-5-12-10(13-9)14-11/h3,5,8H,4,6-7,11H2,1-2H3,(H,12,13,14). The van der Waals surface area contributed by atoms with E-state index in [2.05, 4.69) is 39.3 Å². The monoisotopic (exact) mass is 222 g/mol. The molecule has 0 aliphatic carbocycles. The van der Waals surface area contributed by atoms with Gasteiger partial charge in [0.15, 0.2) is 0 Å². The molecule has 1 atom stereocenters. The molecule has 0 radical (unpaired) electrons. The minimum Gasteiger partial charge on any atom is -0.355 e. The Bertz CT molecular complexity index is 353. The van der Waals surface area contributed by atoms with Gasteiger partial charge >= 0.3 is 0 Å². The van der Waals surface area contributed by atoms with E-state index in [9.17, 15) is 0 Å². The summed E-state index contributed by atoms with van der Waals surface area (Å²) in [4.78, 5) is 12.8. The Kier molecular flexibility index (Phi) is 3.21. The molecule has 2 rings (SSSR count). The lowest BCUT2D eigenvalue weighted by atomic mass is 10.2. The zero-order chi connectivity index (χ0) is 11.5. The van der Waals surface area contributed by atoms with Crippen LogP contribution in [0.2, 0.25) is 0 Å². The number of rotatable bonds is 3. The summed E-state index contributed by atoms with van der Waals surface area (Å²) in [5.41, 5.74) is 2.47. The van der Waals surface area contributed by atoms with Gasteiger partial charge < -0.3 is 9.80 Å². The molecule has 0 saturated carbocycles. The molecule has 0 aromatic carbocycles. The molecule has 0 amide bonds. The van der Waals surface area contributed by atoms with E-state index < -0.39 is 0 Å². The van der Waals surface area contributed by atoms with Crippen molar-refractivity contribution in [2.75, 3.05) is 37.5 Å². The van der Waals surface area contributed by atoms with Gasteiger partial charge in [0.25, 0.3) is 0 Å². The first kappa shape index (κ1) is 11.1. The summed E-state index contributed by atoms with van der Waals surface area (Å²) in [7, 11) is 4.22. The Hall–Kier alpha value is -1.40. The van der Waals surface area contributed by atoms with Crippen LogP contribution < -0.4 is 16.2 Å². The predicted octanol–water partition coefficient (Wildman–Crippen LogP) is -0.0975. The third-order valence-electron chi connectivity index (χ3n) is 2.99. The highest BCUT2D eigenvalue weighted by Crippen LogP contribution is 2.20. The Morgan fingerprint density at radius 1 is 1.56 bits per heavy atom.